The van der Waals surface area contributed by atoms with Gasteiger partial charge in [0, 0.05) is 33.1 Å². The molecule has 108 valence electrons. The van der Waals surface area contributed by atoms with Crippen LogP contribution < -0.4 is 5.73 Å². The van der Waals surface area contributed by atoms with Crippen LogP contribution in [-0.2, 0) is 16.1 Å². The summed E-state index contributed by atoms with van der Waals surface area (Å²) in [4.78, 5) is 26.4. The molecule has 0 bridgehead atoms. The van der Waals surface area contributed by atoms with E-state index in [0.29, 0.717) is 26.2 Å². The number of piperazine rings is 1. The first-order valence-corrected chi connectivity index (χ1v) is 6.50. The van der Waals surface area contributed by atoms with Gasteiger partial charge in [0.25, 0.3) is 0 Å². The fraction of sp³-hybridized carbons (Fsp3) is 0.429. The second kappa shape index (κ2) is 6.00. The van der Waals surface area contributed by atoms with Gasteiger partial charge in [-0.1, -0.05) is 12.1 Å². The van der Waals surface area contributed by atoms with E-state index in [9.17, 15) is 14.0 Å². The summed E-state index contributed by atoms with van der Waals surface area (Å²) in [6, 6.07) is 5.73. The summed E-state index contributed by atoms with van der Waals surface area (Å²) in [5, 5.41) is 0. The first-order valence-electron chi connectivity index (χ1n) is 6.50. The van der Waals surface area contributed by atoms with Crippen LogP contribution in [0.25, 0.3) is 0 Å². The summed E-state index contributed by atoms with van der Waals surface area (Å²) in [6.45, 7) is 3.44. The second-order valence-corrected chi connectivity index (χ2v) is 5.00. The molecule has 1 atom stereocenters. The molecule has 1 aromatic carbocycles. The van der Waals surface area contributed by atoms with Crippen molar-refractivity contribution < 1.29 is 14.0 Å². The lowest BCUT2D eigenvalue weighted by Crippen LogP contribution is -2.59. The summed E-state index contributed by atoms with van der Waals surface area (Å²) in [5.41, 5.74) is 6.19. The zero-order valence-corrected chi connectivity index (χ0v) is 11.4. The van der Waals surface area contributed by atoms with E-state index in [-0.39, 0.29) is 11.7 Å². The number of nitrogens with zero attached hydrogens (tertiary/aromatic N) is 2. The number of hydrogen-bond acceptors (Lipinski definition) is 3. The van der Waals surface area contributed by atoms with Gasteiger partial charge in [-0.25, -0.2) is 4.39 Å². The zero-order valence-electron chi connectivity index (χ0n) is 11.4. The lowest BCUT2D eigenvalue weighted by molar-refractivity contribution is -0.141. The highest BCUT2D eigenvalue weighted by atomic mass is 19.1. The highest BCUT2D eigenvalue weighted by molar-refractivity contribution is 5.86. The predicted octanol–water partition coefficient (Wildman–Crippen LogP) is 0.344. The Morgan fingerprint density at radius 1 is 1.40 bits per heavy atom. The molecule has 0 radical (unpaired) electrons. The van der Waals surface area contributed by atoms with Gasteiger partial charge >= 0.3 is 0 Å². The van der Waals surface area contributed by atoms with Crippen molar-refractivity contribution in [3.63, 3.8) is 0 Å². The van der Waals surface area contributed by atoms with Crippen molar-refractivity contribution in [2.75, 3.05) is 19.6 Å². The van der Waals surface area contributed by atoms with E-state index < -0.39 is 11.9 Å². The molecule has 1 fully saturated rings. The van der Waals surface area contributed by atoms with Crippen LogP contribution in [0.2, 0.25) is 0 Å². The molecule has 2 amide bonds. The normalized spacial score (nSPS) is 19.9. The van der Waals surface area contributed by atoms with Gasteiger partial charge in [-0.3, -0.25) is 14.5 Å². The topological polar surface area (TPSA) is 66.6 Å². The Balaban J connectivity index is 2.05. The summed E-state index contributed by atoms with van der Waals surface area (Å²) in [5.74, 6) is -0.945. The molecule has 0 aliphatic carbocycles. The third-order valence-corrected chi connectivity index (χ3v) is 3.49. The fourth-order valence-corrected chi connectivity index (χ4v) is 2.50. The van der Waals surface area contributed by atoms with Crippen molar-refractivity contribution >= 4 is 11.8 Å². The van der Waals surface area contributed by atoms with Gasteiger partial charge in [0.05, 0.1) is 0 Å². The Kier molecular flexibility index (Phi) is 4.34. The van der Waals surface area contributed by atoms with Crippen molar-refractivity contribution in [1.29, 1.82) is 0 Å². The Labute approximate surface area is 117 Å². The molecule has 1 aliphatic heterocycles. The maximum absolute atomic E-state index is 13.1. The van der Waals surface area contributed by atoms with Gasteiger partial charge in [0.2, 0.25) is 11.8 Å². The van der Waals surface area contributed by atoms with Crippen LogP contribution in [0, 0.1) is 5.82 Å². The van der Waals surface area contributed by atoms with Crippen LogP contribution in [0.5, 0.6) is 0 Å². The average Bonchev–Trinajstić information content (AvgIpc) is 2.38. The Bertz CT molecular complexity index is 521. The molecule has 1 saturated heterocycles. The van der Waals surface area contributed by atoms with E-state index in [2.05, 4.69) is 0 Å². The van der Waals surface area contributed by atoms with E-state index in [4.69, 9.17) is 5.73 Å². The molecule has 0 unspecified atom stereocenters. The van der Waals surface area contributed by atoms with Crippen LogP contribution in [0.4, 0.5) is 4.39 Å². The summed E-state index contributed by atoms with van der Waals surface area (Å²) >= 11 is 0. The minimum atomic E-state index is -0.616. The van der Waals surface area contributed by atoms with Crippen molar-refractivity contribution in [3.8, 4) is 0 Å². The average molecular weight is 279 g/mol. The molecule has 1 aromatic rings. The van der Waals surface area contributed by atoms with E-state index in [1.54, 1.807) is 6.07 Å². The maximum Gasteiger partial charge on any atom is 0.241 e. The van der Waals surface area contributed by atoms with E-state index in [1.165, 1.54) is 24.0 Å². The number of halogens is 1. The number of carbonyl (C=O) groups is 2. The number of benzene rings is 1. The van der Waals surface area contributed by atoms with Crippen molar-refractivity contribution in [1.82, 2.24) is 9.80 Å². The third-order valence-electron chi connectivity index (χ3n) is 3.49. The molecule has 1 aliphatic rings. The van der Waals surface area contributed by atoms with Crippen LogP contribution in [0.1, 0.15) is 12.5 Å². The second-order valence-electron chi connectivity index (χ2n) is 5.00. The van der Waals surface area contributed by atoms with Gasteiger partial charge < -0.3 is 10.6 Å². The number of primary amides is 1. The van der Waals surface area contributed by atoms with Crippen molar-refractivity contribution in [2.24, 2.45) is 5.73 Å². The fourth-order valence-electron chi connectivity index (χ4n) is 2.50. The number of carbonyl (C=O) groups excluding carboxylic acids is 2. The van der Waals surface area contributed by atoms with Crippen molar-refractivity contribution in [3.05, 3.63) is 35.6 Å². The monoisotopic (exact) mass is 279 g/mol. The van der Waals surface area contributed by atoms with Gasteiger partial charge in [0.15, 0.2) is 0 Å². The van der Waals surface area contributed by atoms with Crippen LogP contribution in [-0.4, -0.2) is 47.3 Å². The molecule has 0 saturated carbocycles. The highest BCUT2D eigenvalue weighted by Crippen LogP contribution is 2.14. The molecule has 2 rings (SSSR count). The predicted molar refractivity (Wildman–Crippen MR) is 72.0 cm³/mol. The van der Waals surface area contributed by atoms with E-state index >= 15 is 0 Å². The zero-order chi connectivity index (χ0) is 14.7. The van der Waals surface area contributed by atoms with Gasteiger partial charge in [-0.05, 0) is 17.7 Å². The maximum atomic E-state index is 13.1. The first kappa shape index (κ1) is 14.5. The molecule has 0 spiro atoms. The van der Waals surface area contributed by atoms with E-state index in [0.717, 1.165) is 5.56 Å². The highest BCUT2D eigenvalue weighted by Gasteiger charge is 2.32. The number of nitrogens with two attached hydrogens (primary N) is 1. The molecule has 20 heavy (non-hydrogen) atoms. The van der Waals surface area contributed by atoms with Crippen LogP contribution in [0.15, 0.2) is 24.3 Å². The van der Waals surface area contributed by atoms with Crippen LogP contribution >= 0.6 is 0 Å². The number of hydrogen-bond donors (Lipinski definition) is 1. The standard InChI is InChI=1S/C14H18FN3O2/c1-10(19)18-6-5-17(9-13(18)14(16)20)8-11-3-2-4-12(15)7-11/h2-4,7,13H,5-6,8-9H2,1H3,(H2,16,20)/t13-/m0/s1. The third kappa shape index (κ3) is 3.33. The Morgan fingerprint density at radius 2 is 2.15 bits per heavy atom. The number of rotatable bonds is 3. The molecule has 6 heteroatoms. The minimum Gasteiger partial charge on any atom is -0.368 e. The quantitative estimate of drug-likeness (QED) is 0.868. The molecule has 1 heterocycles. The summed E-state index contributed by atoms with van der Waals surface area (Å²) < 4.78 is 13.1. The van der Waals surface area contributed by atoms with E-state index in [1.807, 2.05) is 11.0 Å². The number of amides is 2. The van der Waals surface area contributed by atoms with Gasteiger partial charge in [0.1, 0.15) is 11.9 Å². The largest absolute Gasteiger partial charge is 0.368 e. The van der Waals surface area contributed by atoms with Crippen molar-refractivity contribution in [2.45, 2.75) is 19.5 Å². The molecular weight excluding hydrogens is 261 g/mol. The lowest BCUT2D eigenvalue weighted by Gasteiger charge is -2.39. The lowest BCUT2D eigenvalue weighted by atomic mass is 10.1. The SMILES string of the molecule is CC(=O)N1CCN(Cc2cccc(F)c2)C[C@H]1C(N)=O. The Hall–Kier alpha value is -1.95. The first-order chi connectivity index (χ1) is 9.47. The summed E-state index contributed by atoms with van der Waals surface area (Å²) in [7, 11) is 0. The van der Waals surface area contributed by atoms with Gasteiger partial charge in [-0.2, -0.15) is 0 Å². The Morgan fingerprint density at radius 3 is 2.75 bits per heavy atom. The minimum absolute atomic E-state index is 0.154. The molecular formula is C14H18FN3O2. The molecule has 2 N–H and O–H groups in total. The summed E-state index contributed by atoms with van der Waals surface area (Å²) in [6.07, 6.45) is 0. The molecule has 0 aromatic heterocycles. The molecule has 5 nitrogen and oxygen atoms in total. The smallest absolute Gasteiger partial charge is 0.241 e. The van der Waals surface area contributed by atoms with Gasteiger partial charge in [-0.15, -0.1) is 0 Å². The van der Waals surface area contributed by atoms with Crippen LogP contribution in [0.3, 0.4) is 0 Å².